The Bertz CT molecular complexity index is 1530. The summed E-state index contributed by atoms with van der Waals surface area (Å²) in [5, 5.41) is 22.0. The summed E-state index contributed by atoms with van der Waals surface area (Å²) in [5.41, 5.74) is -1.43. The van der Waals surface area contributed by atoms with E-state index in [2.05, 4.69) is 11.2 Å². The molecule has 1 heterocycles. The normalized spacial score (nSPS) is 10.8. The zero-order chi connectivity index (χ0) is 23.9. The Hall–Kier alpha value is -4.71. The van der Waals surface area contributed by atoms with Gasteiger partial charge in [-0.1, -0.05) is 5.92 Å². The van der Waals surface area contributed by atoms with Crippen LogP contribution in [0.3, 0.4) is 0 Å². The number of aromatic hydroxyl groups is 1. The van der Waals surface area contributed by atoms with Crippen molar-refractivity contribution in [2.24, 2.45) is 0 Å². The number of carboxylic acids is 1. The number of halogens is 2. The van der Waals surface area contributed by atoms with Gasteiger partial charge < -0.3 is 19.9 Å². The van der Waals surface area contributed by atoms with Crippen molar-refractivity contribution < 1.29 is 33.0 Å². The van der Waals surface area contributed by atoms with E-state index in [0.29, 0.717) is 0 Å². The molecule has 3 N–H and O–H groups in total. The van der Waals surface area contributed by atoms with E-state index in [9.17, 15) is 33.4 Å². The maximum atomic E-state index is 14.3. The van der Waals surface area contributed by atoms with Gasteiger partial charge in [0.1, 0.15) is 11.3 Å². The maximum absolute atomic E-state index is 14.3. The predicted octanol–water partition coefficient (Wildman–Crippen LogP) is 3.61. The molecule has 2 aromatic carbocycles. The fourth-order valence-corrected chi connectivity index (χ4v) is 3.50. The fraction of sp³-hybridized carbons (Fsp3) is 0.0417. The highest BCUT2D eigenvalue weighted by molar-refractivity contribution is 6.09. The molecule has 0 atom stereocenters. The van der Waals surface area contributed by atoms with Gasteiger partial charge >= 0.3 is 5.97 Å². The van der Waals surface area contributed by atoms with E-state index in [1.54, 1.807) is 0 Å². The molecule has 0 bridgehead atoms. The summed E-state index contributed by atoms with van der Waals surface area (Å²) in [5.74, 6) is -2.79. The number of rotatable bonds is 4. The lowest BCUT2D eigenvalue weighted by Crippen LogP contribution is -2.23. The molecule has 33 heavy (non-hydrogen) atoms. The number of fused-ring (bicyclic) bond motifs is 2. The van der Waals surface area contributed by atoms with Gasteiger partial charge in [0.2, 0.25) is 5.43 Å². The van der Waals surface area contributed by atoms with Gasteiger partial charge in [0.15, 0.2) is 17.4 Å². The van der Waals surface area contributed by atoms with Crippen LogP contribution in [0.1, 0.15) is 20.7 Å². The number of phenols is 1. The number of phenolic OH excluding ortho intramolecular Hbond substituents is 1. The summed E-state index contributed by atoms with van der Waals surface area (Å²) in [7, 11) is 0. The molecule has 0 aromatic heterocycles. The number of benzene rings is 3. The second-order valence-corrected chi connectivity index (χ2v) is 7.01. The van der Waals surface area contributed by atoms with E-state index < -0.39 is 34.7 Å². The lowest BCUT2D eigenvalue weighted by atomic mass is 9.89. The van der Waals surface area contributed by atoms with Crippen molar-refractivity contribution in [3.63, 3.8) is 0 Å². The third kappa shape index (κ3) is 3.74. The molecular weight excluding hydrogens is 436 g/mol. The summed E-state index contributed by atoms with van der Waals surface area (Å²) >= 11 is 0. The summed E-state index contributed by atoms with van der Waals surface area (Å²) < 4.78 is 34.1. The highest BCUT2D eigenvalue weighted by atomic mass is 19.1. The Labute approximate surface area is 184 Å². The molecule has 1 amide bonds. The van der Waals surface area contributed by atoms with Crippen molar-refractivity contribution in [1.82, 2.24) is 5.32 Å². The summed E-state index contributed by atoms with van der Waals surface area (Å²) in [6.45, 7) is -0.0765. The van der Waals surface area contributed by atoms with Crippen LogP contribution in [0.15, 0.2) is 51.7 Å². The van der Waals surface area contributed by atoms with Crippen LogP contribution in [-0.2, 0) is 0 Å². The maximum Gasteiger partial charge on any atom is 0.336 e. The lowest BCUT2D eigenvalue weighted by molar-refractivity contribution is 0.0697. The van der Waals surface area contributed by atoms with Gasteiger partial charge in [-0.3, -0.25) is 9.59 Å². The number of aromatic carboxylic acids is 1. The zero-order valence-electron chi connectivity index (χ0n) is 16.6. The van der Waals surface area contributed by atoms with E-state index in [1.165, 1.54) is 18.2 Å². The number of hydrogen-bond donors (Lipinski definition) is 3. The number of carboxylic acid groups (broad SMARTS) is 1. The molecule has 4 rings (SSSR count). The van der Waals surface area contributed by atoms with Crippen LogP contribution >= 0.6 is 0 Å². The van der Waals surface area contributed by atoms with E-state index >= 15 is 0 Å². The average molecular weight is 449 g/mol. The van der Waals surface area contributed by atoms with Crippen LogP contribution in [0, 0.1) is 24.0 Å². The third-order valence-corrected chi connectivity index (χ3v) is 4.97. The van der Waals surface area contributed by atoms with Crippen molar-refractivity contribution in [3.8, 4) is 40.5 Å². The molecule has 2 aromatic rings. The standard InChI is InChI=1S/C24H13F2NO6/c1-2-5-27-23(30)11-3-4-12(24(31)32)13(6-11)22-14-7-16(25)18(28)9-20(14)33-21-10-19(29)17(26)8-15(21)22/h1,3-4,6-10,28H,5H2,(H,27,30)(H,31,32). The zero-order valence-corrected chi connectivity index (χ0v) is 16.6. The summed E-state index contributed by atoms with van der Waals surface area (Å²) in [6, 6.07) is 7.21. The number of carbonyl (C=O) groups excluding carboxylic acids is 1. The molecule has 0 saturated carbocycles. The van der Waals surface area contributed by atoms with Crippen LogP contribution in [0.4, 0.5) is 8.78 Å². The van der Waals surface area contributed by atoms with Crippen LogP contribution in [0.5, 0.6) is 5.75 Å². The summed E-state index contributed by atoms with van der Waals surface area (Å²) in [4.78, 5) is 36.2. The SMILES string of the molecule is C#CCNC(=O)c1ccc(C(=O)O)c(-c2c3cc(F)c(=O)cc-3oc3cc(O)c(F)cc23)c1. The predicted molar refractivity (Wildman–Crippen MR) is 114 cm³/mol. The van der Waals surface area contributed by atoms with Crippen LogP contribution in [0.25, 0.3) is 33.4 Å². The van der Waals surface area contributed by atoms with Gasteiger partial charge in [0, 0.05) is 34.2 Å². The van der Waals surface area contributed by atoms with Gasteiger partial charge in [0.05, 0.1) is 12.1 Å². The Morgan fingerprint density at radius 2 is 1.82 bits per heavy atom. The molecule has 9 heteroatoms. The van der Waals surface area contributed by atoms with Crippen molar-refractivity contribution in [3.05, 3.63) is 75.4 Å². The summed E-state index contributed by atoms with van der Waals surface area (Å²) in [6.07, 6.45) is 5.15. The second-order valence-electron chi connectivity index (χ2n) is 7.01. The monoisotopic (exact) mass is 449 g/mol. The smallest absolute Gasteiger partial charge is 0.336 e. The van der Waals surface area contributed by atoms with E-state index in [1.807, 2.05) is 0 Å². The van der Waals surface area contributed by atoms with Crippen LogP contribution < -0.4 is 10.7 Å². The number of terminal acetylenes is 1. The minimum absolute atomic E-state index is 0.00644. The number of carbonyl (C=O) groups is 2. The number of nitrogens with one attached hydrogen (secondary N) is 1. The molecule has 2 aliphatic rings. The largest absolute Gasteiger partial charge is 0.505 e. The van der Waals surface area contributed by atoms with Gasteiger partial charge in [-0.15, -0.1) is 6.42 Å². The molecule has 0 spiro atoms. The highest BCUT2D eigenvalue weighted by Gasteiger charge is 2.25. The molecule has 0 saturated heterocycles. The topological polar surface area (TPSA) is 117 Å². The Kier molecular flexibility index (Phi) is 5.27. The quantitative estimate of drug-likeness (QED) is 0.324. The first-order chi connectivity index (χ1) is 15.7. The van der Waals surface area contributed by atoms with Crippen molar-refractivity contribution in [2.75, 3.05) is 6.54 Å². The van der Waals surface area contributed by atoms with Crippen LogP contribution in [-0.4, -0.2) is 28.6 Å². The molecule has 1 aliphatic carbocycles. The Morgan fingerprint density at radius 3 is 2.52 bits per heavy atom. The van der Waals surface area contributed by atoms with E-state index in [0.717, 1.165) is 24.3 Å². The van der Waals surface area contributed by atoms with E-state index in [4.69, 9.17) is 10.8 Å². The van der Waals surface area contributed by atoms with Crippen LogP contribution in [0.2, 0.25) is 0 Å². The molecule has 0 fully saturated rings. The molecule has 0 unspecified atom stereocenters. The van der Waals surface area contributed by atoms with Gasteiger partial charge in [-0.05, 0) is 35.9 Å². The molecular formula is C24H13F2NO6. The second kappa shape index (κ2) is 8.09. The Balaban J connectivity index is 2.15. The van der Waals surface area contributed by atoms with Gasteiger partial charge in [-0.2, -0.15) is 0 Å². The number of amides is 1. The lowest BCUT2D eigenvalue weighted by Gasteiger charge is -2.18. The van der Waals surface area contributed by atoms with Crippen molar-refractivity contribution >= 4 is 22.8 Å². The minimum atomic E-state index is -1.37. The first kappa shape index (κ1) is 21.5. The Morgan fingerprint density at radius 1 is 1.06 bits per heavy atom. The molecule has 1 aliphatic heterocycles. The molecule has 7 nitrogen and oxygen atoms in total. The average Bonchev–Trinajstić information content (AvgIpc) is 2.77. The first-order valence-electron chi connectivity index (χ1n) is 9.39. The molecule has 164 valence electrons. The molecule has 0 radical (unpaired) electrons. The van der Waals surface area contributed by atoms with Gasteiger partial charge in [-0.25, -0.2) is 13.6 Å². The first-order valence-corrected chi connectivity index (χ1v) is 9.39. The van der Waals surface area contributed by atoms with Crippen molar-refractivity contribution in [2.45, 2.75) is 0 Å². The fourth-order valence-electron chi connectivity index (χ4n) is 3.50. The third-order valence-electron chi connectivity index (χ3n) is 4.97. The minimum Gasteiger partial charge on any atom is -0.505 e. The van der Waals surface area contributed by atoms with E-state index in [-0.39, 0.29) is 51.1 Å². The highest BCUT2D eigenvalue weighted by Crippen LogP contribution is 2.43. The van der Waals surface area contributed by atoms with Gasteiger partial charge in [0.25, 0.3) is 5.91 Å². The number of hydrogen-bond acceptors (Lipinski definition) is 5. The van der Waals surface area contributed by atoms with Crippen molar-refractivity contribution in [1.29, 1.82) is 0 Å².